The number of fused-ring (bicyclic) bond motifs is 3. The number of thioether (sulfide) groups is 1. The number of thiophene rings is 1. The summed E-state index contributed by atoms with van der Waals surface area (Å²) in [6.07, 6.45) is 4.41. The average molecular weight is 294 g/mol. The summed E-state index contributed by atoms with van der Waals surface area (Å²) in [7, 11) is 0. The lowest BCUT2D eigenvalue weighted by Gasteiger charge is -2.17. The van der Waals surface area contributed by atoms with Crippen molar-refractivity contribution in [3.63, 3.8) is 0 Å². The molecule has 0 aliphatic heterocycles. The van der Waals surface area contributed by atoms with Crippen LogP contribution in [0.3, 0.4) is 0 Å². The Morgan fingerprint density at radius 2 is 2.37 bits per heavy atom. The fraction of sp³-hybridized carbons (Fsp3) is 0.571. The van der Waals surface area contributed by atoms with Crippen LogP contribution in [0.2, 0.25) is 0 Å². The third kappa shape index (κ3) is 2.46. The van der Waals surface area contributed by atoms with Gasteiger partial charge in [0.2, 0.25) is 0 Å². The van der Waals surface area contributed by atoms with E-state index in [1.54, 1.807) is 23.1 Å². The zero-order chi connectivity index (χ0) is 13.4. The highest BCUT2D eigenvalue weighted by molar-refractivity contribution is 7.99. The quantitative estimate of drug-likeness (QED) is 0.695. The van der Waals surface area contributed by atoms with Crippen LogP contribution < -0.4 is 5.56 Å². The molecule has 2 aromatic rings. The molecule has 0 fully saturated rings. The van der Waals surface area contributed by atoms with Gasteiger partial charge >= 0.3 is 0 Å². The second kappa shape index (κ2) is 5.29. The number of nitrogens with one attached hydrogen (secondary N) is 1. The van der Waals surface area contributed by atoms with Crippen molar-refractivity contribution in [2.24, 2.45) is 5.92 Å². The van der Waals surface area contributed by atoms with E-state index in [1.165, 1.54) is 16.9 Å². The lowest BCUT2D eigenvalue weighted by Crippen LogP contribution is -2.13. The molecule has 2 heterocycles. The molecular weight excluding hydrogens is 276 g/mol. The normalized spacial score (nSPS) is 18.7. The van der Waals surface area contributed by atoms with Gasteiger partial charge < -0.3 is 4.98 Å². The highest BCUT2D eigenvalue weighted by atomic mass is 32.2. The third-order valence-electron chi connectivity index (χ3n) is 3.59. The number of aromatic amines is 1. The fourth-order valence-electron chi connectivity index (χ4n) is 2.60. The molecule has 3 nitrogen and oxygen atoms in total. The number of nitrogens with zero attached hydrogens (tertiary/aromatic N) is 1. The first-order valence-corrected chi connectivity index (χ1v) is 8.66. The maximum absolute atomic E-state index is 12.3. The van der Waals surface area contributed by atoms with E-state index in [0.717, 1.165) is 46.3 Å². The SMILES string of the molecule is CCCSc1nc2sc3c(c2c(=O)[nH]1)CC[C@H](C)C3. The topological polar surface area (TPSA) is 45.8 Å². The lowest BCUT2D eigenvalue weighted by atomic mass is 9.89. The molecule has 5 heteroatoms. The lowest BCUT2D eigenvalue weighted by molar-refractivity contribution is 0.509. The van der Waals surface area contributed by atoms with Gasteiger partial charge in [0.25, 0.3) is 5.56 Å². The van der Waals surface area contributed by atoms with Crippen molar-refractivity contribution in [1.29, 1.82) is 0 Å². The Labute approximate surface area is 120 Å². The summed E-state index contributed by atoms with van der Waals surface area (Å²) < 4.78 is 0. The first-order valence-electron chi connectivity index (χ1n) is 6.86. The van der Waals surface area contributed by atoms with Gasteiger partial charge in [0.15, 0.2) is 5.16 Å². The summed E-state index contributed by atoms with van der Waals surface area (Å²) in [5.41, 5.74) is 1.31. The van der Waals surface area contributed by atoms with Crippen LogP contribution in [0.25, 0.3) is 10.2 Å². The Balaban J connectivity index is 2.09. The van der Waals surface area contributed by atoms with Gasteiger partial charge in [-0.15, -0.1) is 11.3 Å². The predicted molar refractivity (Wildman–Crippen MR) is 82.4 cm³/mol. The van der Waals surface area contributed by atoms with Crippen LogP contribution in [0.4, 0.5) is 0 Å². The molecule has 0 amide bonds. The molecule has 102 valence electrons. The number of hydrogen-bond acceptors (Lipinski definition) is 4. The van der Waals surface area contributed by atoms with E-state index < -0.39 is 0 Å². The van der Waals surface area contributed by atoms with Gasteiger partial charge in [-0.1, -0.05) is 25.6 Å². The Morgan fingerprint density at radius 3 is 3.16 bits per heavy atom. The highest BCUT2D eigenvalue weighted by Crippen LogP contribution is 2.36. The first kappa shape index (κ1) is 13.2. The van der Waals surface area contributed by atoms with Crippen molar-refractivity contribution in [1.82, 2.24) is 9.97 Å². The van der Waals surface area contributed by atoms with Crippen LogP contribution in [-0.2, 0) is 12.8 Å². The molecule has 0 saturated heterocycles. The number of hydrogen-bond donors (Lipinski definition) is 1. The summed E-state index contributed by atoms with van der Waals surface area (Å²) in [6, 6.07) is 0. The van der Waals surface area contributed by atoms with Crippen LogP contribution in [0.5, 0.6) is 0 Å². The van der Waals surface area contributed by atoms with Crippen molar-refractivity contribution in [2.45, 2.75) is 44.7 Å². The smallest absolute Gasteiger partial charge is 0.260 e. The molecular formula is C14H18N2OS2. The molecule has 0 spiro atoms. The largest absolute Gasteiger partial charge is 0.301 e. The Bertz CT molecular complexity index is 659. The fourth-order valence-corrected chi connectivity index (χ4v) is 4.76. The van der Waals surface area contributed by atoms with Gasteiger partial charge in [-0.2, -0.15) is 0 Å². The van der Waals surface area contributed by atoms with Crippen LogP contribution in [0.15, 0.2) is 9.95 Å². The molecule has 0 aromatic carbocycles. The maximum atomic E-state index is 12.3. The van der Waals surface area contributed by atoms with Crippen LogP contribution >= 0.6 is 23.1 Å². The van der Waals surface area contributed by atoms with E-state index in [9.17, 15) is 4.79 Å². The van der Waals surface area contributed by atoms with Crippen molar-refractivity contribution < 1.29 is 0 Å². The number of rotatable bonds is 3. The minimum atomic E-state index is 0.0515. The van der Waals surface area contributed by atoms with Gasteiger partial charge in [0.05, 0.1) is 5.39 Å². The summed E-state index contributed by atoms with van der Waals surface area (Å²) in [6.45, 7) is 4.42. The number of H-pyrrole nitrogens is 1. The molecule has 0 saturated carbocycles. The van der Waals surface area contributed by atoms with E-state index in [4.69, 9.17) is 0 Å². The molecule has 1 N–H and O–H groups in total. The Hall–Kier alpha value is -0.810. The molecule has 0 radical (unpaired) electrons. The van der Waals surface area contributed by atoms with Crippen molar-refractivity contribution in [3.8, 4) is 0 Å². The van der Waals surface area contributed by atoms with Gasteiger partial charge in [-0.05, 0) is 37.2 Å². The molecule has 1 atom stereocenters. The molecule has 1 aliphatic carbocycles. The van der Waals surface area contributed by atoms with Gasteiger partial charge in [-0.3, -0.25) is 4.79 Å². The Morgan fingerprint density at radius 1 is 1.53 bits per heavy atom. The van der Waals surface area contributed by atoms with Gasteiger partial charge in [-0.25, -0.2) is 4.98 Å². The van der Waals surface area contributed by atoms with E-state index in [0.29, 0.717) is 0 Å². The summed E-state index contributed by atoms with van der Waals surface area (Å²) in [4.78, 5) is 22.2. The van der Waals surface area contributed by atoms with E-state index in [-0.39, 0.29) is 5.56 Å². The van der Waals surface area contributed by atoms with Crippen LogP contribution in [0, 0.1) is 5.92 Å². The first-order chi connectivity index (χ1) is 9.19. The third-order valence-corrected chi connectivity index (χ3v) is 5.81. The van der Waals surface area contributed by atoms with E-state index in [1.807, 2.05) is 0 Å². The van der Waals surface area contributed by atoms with Crippen LogP contribution in [0.1, 0.15) is 37.1 Å². The minimum absolute atomic E-state index is 0.0515. The van der Waals surface area contributed by atoms with Crippen molar-refractivity contribution >= 4 is 33.3 Å². The van der Waals surface area contributed by atoms with Gasteiger partial charge in [0, 0.05) is 10.6 Å². The van der Waals surface area contributed by atoms with E-state index in [2.05, 4.69) is 23.8 Å². The molecule has 3 rings (SSSR count). The number of aromatic nitrogens is 2. The summed E-state index contributed by atoms with van der Waals surface area (Å²) >= 11 is 3.36. The second-order valence-corrected chi connectivity index (χ2v) is 7.42. The van der Waals surface area contributed by atoms with Crippen LogP contribution in [-0.4, -0.2) is 15.7 Å². The van der Waals surface area contributed by atoms with Gasteiger partial charge in [0.1, 0.15) is 4.83 Å². The van der Waals surface area contributed by atoms with E-state index >= 15 is 0 Å². The molecule has 1 aliphatic rings. The standard InChI is InChI=1S/C14H18N2OS2/c1-3-6-18-14-15-12(17)11-9-5-4-8(2)7-10(9)19-13(11)16-14/h8H,3-7H2,1-2H3,(H,15,16,17)/t8-/m0/s1. The Kier molecular flexibility index (Phi) is 3.67. The minimum Gasteiger partial charge on any atom is -0.301 e. The number of aryl methyl sites for hydroxylation is 1. The second-order valence-electron chi connectivity index (χ2n) is 5.25. The monoisotopic (exact) mass is 294 g/mol. The van der Waals surface area contributed by atoms with Crippen molar-refractivity contribution in [3.05, 3.63) is 20.8 Å². The molecule has 0 unspecified atom stereocenters. The highest BCUT2D eigenvalue weighted by Gasteiger charge is 2.22. The average Bonchev–Trinajstić information content (AvgIpc) is 2.73. The predicted octanol–water partition coefficient (Wildman–Crippen LogP) is 3.61. The molecule has 19 heavy (non-hydrogen) atoms. The molecule has 0 bridgehead atoms. The zero-order valence-electron chi connectivity index (χ0n) is 11.3. The zero-order valence-corrected chi connectivity index (χ0v) is 12.9. The van der Waals surface area contributed by atoms with Crippen molar-refractivity contribution in [2.75, 3.05) is 5.75 Å². The summed E-state index contributed by atoms with van der Waals surface area (Å²) in [5, 5.41) is 1.62. The summed E-state index contributed by atoms with van der Waals surface area (Å²) in [5.74, 6) is 1.73. The maximum Gasteiger partial charge on any atom is 0.260 e. The molecule has 2 aromatic heterocycles.